The van der Waals surface area contributed by atoms with Crippen molar-refractivity contribution in [3.63, 3.8) is 0 Å². The van der Waals surface area contributed by atoms with Gasteiger partial charge in [-0.25, -0.2) is 0 Å². The van der Waals surface area contributed by atoms with Crippen molar-refractivity contribution in [3.8, 4) is 11.8 Å². The van der Waals surface area contributed by atoms with Gasteiger partial charge in [-0.1, -0.05) is 29.5 Å². The molecular weight excluding hydrogens is 282 g/mol. The number of hydrogen-bond donors (Lipinski definition) is 2. The number of rotatable bonds is 3. The van der Waals surface area contributed by atoms with Crippen LogP contribution in [-0.2, 0) is 0 Å². The summed E-state index contributed by atoms with van der Waals surface area (Å²) in [6, 6.07) is 7.70. The molecule has 0 aliphatic rings. The summed E-state index contributed by atoms with van der Waals surface area (Å²) in [5.41, 5.74) is 3.64. The van der Waals surface area contributed by atoms with E-state index in [9.17, 15) is 4.79 Å². The Balaban J connectivity index is 2.09. The Labute approximate surface area is 128 Å². The topological polar surface area (TPSA) is 49.3 Å². The minimum absolute atomic E-state index is 0.0540. The molecule has 2 rings (SSSR count). The van der Waals surface area contributed by atoms with Crippen LogP contribution in [-0.4, -0.2) is 17.6 Å². The van der Waals surface area contributed by atoms with Crippen molar-refractivity contribution in [2.45, 2.75) is 20.3 Å². The molecule has 0 atom stereocenters. The fourth-order valence-electron chi connectivity index (χ4n) is 1.87. The first kappa shape index (κ1) is 15.3. The summed E-state index contributed by atoms with van der Waals surface area (Å²) in [5.74, 6) is 5.65. The number of anilines is 1. The normalized spacial score (nSPS) is 9.86. The number of benzene rings is 1. The van der Waals surface area contributed by atoms with Crippen LogP contribution in [0.1, 0.15) is 32.8 Å². The number of amides is 1. The van der Waals surface area contributed by atoms with Gasteiger partial charge in [-0.05, 0) is 31.5 Å². The Morgan fingerprint density at radius 2 is 2.14 bits per heavy atom. The number of carbonyl (C=O) groups excluding carboxylic acids is 1. The highest BCUT2D eigenvalue weighted by Crippen LogP contribution is 2.19. The highest BCUT2D eigenvalue weighted by molar-refractivity contribution is 7.10. The van der Waals surface area contributed by atoms with Crippen molar-refractivity contribution >= 4 is 22.9 Å². The molecule has 0 radical (unpaired) electrons. The monoisotopic (exact) mass is 299 g/mol. The van der Waals surface area contributed by atoms with Crippen LogP contribution in [0.25, 0.3) is 0 Å². The third-order valence-electron chi connectivity index (χ3n) is 2.94. The van der Waals surface area contributed by atoms with E-state index < -0.39 is 0 Å². The summed E-state index contributed by atoms with van der Waals surface area (Å²) >= 11 is 1.43. The predicted molar refractivity (Wildman–Crippen MR) is 86.8 cm³/mol. The maximum Gasteiger partial charge on any atom is 0.256 e. The quantitative estimate of drug-likeness (QED) is 0.854. The molecule has 0 fully saturated rings. The fourth-order valence-corrected chi connectivity index (χ4v) is 2.63. The Morgan fingerprint density at radius 3 is 2.86 bits per heavy atom. The van der Waals surface area contributed by atoms with Crippen LogP contribution in [0.2, 0.25) is 0 Å². The second-order valence-corrected chi connectivity index (χ2v) is 5.66. The number of thiophene rings is 1. The maximum atomic E-state index is 12.2. The number of nitrogens with one attached hydrogen (secondary N) is 1. The van der Waals surface area contributed by atoms with E-state index in [1.165, 1.54) is 16.9 Å². The lowest BCUT2D eigenvalue weighted by molar-refractivity contribution is 0.102. The minimum Gasteiger partial charge on any atom is -0.395 e. The van der Waals surface area contributed by atoms with Gasteiger partial charge in [0.2, 0.25) is 0 Å². The van der Waals surface area contributed by atoms with Gasteiger partial charge in [0.05, 0.1) is 17.0 Å². The summed E-state index contributed by atoms with van der Waals surface area (Å²) in [7, 11) is 0. The van der Waals surface area contributed by atoms with E-state index in [4.69, 9.17) is 5.11 Å². The highest BCUT2D eigenvalue weighted by Gasteiger charge is 2.09. The number of aliphatic hydroxyl groups is 1. The molecule has 2 aromatic rings. The van der Waals surface area contributed by atoms with Gasteiger partial charge >= 0.3 is 0 Å². The van der Waals surface area contributed by atoms with Crippen LogP contribution in [0, 0.1) is 25.7 Å². The summed E-state index contributed by atoms with van der Waals surface area (Å²) < 4.78 is 0. The van der Waals surface area contributed by atoms with Gasteiger partial charge in [0.1, 0.15) is 0 Å². The molecule has 0 spiro atoms. The number of aliphatic hydroxyl groups excluding tert-OH is 1. The Hall–Kier alpha value is -2.09. The standard InChI is InChI=1S/C17H17NO2S/c1-12-6-7-16(13(2)9-12)18-17(20)14-10-15(21-11-14)5-3-4-8-19/h6-7,9-11,19H,4,8H2,1-2H3,(H,18,20). The second kappa shape index (κ2) is 7.07. The van der Waals surface area contributed by atoms with Gasteiger partial charge in [0.15, 0.2) is 0 Å². The van der Waals surface area contributed by atoms with Gasteiger partial charge in [-0.3, -0.25) is 4.79 Å². The van der Waals surface area contributed by atoms with Crippen LogP contribution in [0.15, 0.2) is 29.6 Å². The van der Waals surface area contributed by atoms with Crippen LogP contribution in [0.4, 0.5) is 5.69 Å². The summed E-state index contributed by atoms with van der Waals surface area (Å²) in [6.45, 7) is 4.05. The van der Waals surface area contributed by atoms with Crippen LogP contribution < -0.4 is 5.32 Å². The highest BCUT2D eigenvalue weighted by atomic mass is 32.1. The summed E-state index contributed by atoms with van der Waals surface area (Å²) in [5, 5.41) is 13.4. The van der Waals surface area contributed by atoms with Crippen LogP contribution >= 0.6 is 11.3 Å². The number of aryl methyl sites for hydroxylation is 2. The van der Waals surface area contributed by atoms with E-state index in [0.717, 1.165) is 16.1 Å². The van der Waals surface area contributed by atoms with Crippen LogP contribution in [0.5, 0.6) is 0 Å². The second-order valence-electron chi connectivity index (χ2n) is 4.75. The maximum absolute atomic E-state index is 12.2. The van der Waals surface area contributed by atoms with Crippen molar-refractivity contribution in [3.05, 3.63) is 51.2 Å². The summed E-state index contributed by atoms with van der Waals surface area (Å²) in [6.07, 6.45) is 0.446. The largest absolute Gasteiger partial charge is 0.395 e. The zero-order valence-electron chi connectivity index (χ0n) is 12.1. The molecule has 21 heavy (non-hydrogen) atoms. The molecule has 0 saturated heterocycles. The minimum atomic E-state index is -0.131. The van der Waals surface area contributed by atoms with E-state index in [0.29, 0.717) is 12.0 Å². The van der Waals surface area contributed by atoms with E-state index in [2.05, 4.69) is 17.2 Å². The van der Waals surface area contributed by atoms with Gasteiger partial charge in [0.25, 0.3) is 5.91 Å². The zero-order chi connectivity index (χ0) is 15.2. The summed E-state index contributed by atoms with van der Waals surface area (Å²) in [4.78, 5) is 13.0. The average molecular weight is 299 g/mol. The molecule has 1 aromatic heterocycles. The first-order chi connectivity index (χ1) is 10.1. The van der Waals surface area contributed by atoms with Gasteiger partial charge in [0, 0.05) is 17.5 Å². The molecular formula is C17H17NO2S. The zero-order valence-corrected chi connectivity index (χ0v) is 12.9. The molecule has 2 N–H and O–H groups in total. The van der Waals surface area contributed by atoms with Gasteiger partial charge < -0.3 is 10.4 Å². The molecule has 1 aromatic carbocycles. The molecule has 4 heteroatoms. The molecule has 1 heterocycles. The third kappa shape index (κ3) is 4.19. The van der Waals surface area contributed by atoms with Gasteiger partial charge in [-0.15, -0.1) is 11.3 Å². The molecule has 0 bridgehead atoms. The third-order valence-corrected chi connectivity index (χ3v) is 3.79. The lowest BCUT2D eigenvalue weighted by atomic mass is 10.1. The van der Waals surface area contributed by atoms with E-state index >= 15 is 0 Å². The van der Waals surface area contributed by atoms with Crippen LogP contribution in [0.3, 0.4) is 0 Å². The molecule has 0 saturated carbocycles. The Kier molecular flexibility index (Phi) is 5.15. The van der Waals surface area contributed by atoms with E-state index in [-0.39, 0.29) is 12.5 Å². The van der Waals surface area contributed by atoms with Crippen molar-refractivity contribution in [1.82, 2.24) is 0 Å². The van der Waals surface area contributed by atoms with Crippen molar-refractivity contribution < 1.29 is 9.90 Å². The molecule has 108 valence electrons. The Morgan fingerprint density at radius 1 is 1.33 bits per heavy atom. The van der Waals surface area contributed by atoms with E-state index in [1.54, 1.807) is 11.4 Å². The lowest BCUT2D eigenvalue weighted by Gasteiger charge is -2.08. The fraction of sp³-hybridized carbons (Fsp3) is 0.235. The molecule has 0 aliphatic heterocycles. The number of carbonyl (C=O) groups is 1. The van der Waals surface area contributed by atoms with Crippen molar-refractivity contribution in [2.24, 2.45) is 0 Å². The molecule has 3 nitrogen and oxygen atoms in total. The van der Waals surface area contributed by atoms with E-state index in [1.807, 2.05) is 32.0 Å². The molecule has 0 unspecified atom stereocenters. The average Bonchev–Trinajstić information content (AvgIpc) is 2.91. The predicted octanol–water partition coefficient (Wildman–Crippen LogP) is 3.35. The lowest BCUT2D eigenvalue weighted by Crippen LogP contribution is -2.11. The molecule has 1 amide bonds. The van der Waals surface area contributed by atoms with Gasteiger partial charge in [-0.2, -0.15) is 0 Å². The number of hydrogen-bond acceptors (Lipinski definition) is 3. The Bertz CT molecular complexity index is 707. The first-order valence-electron chi connectivity index (χ1n) is 6.67. The first-order valence-corrected chi connectivity index (χ1v) is 7.55. The SMILES string of the molecule is Cc1ccc(NC(=O)c2csc(C#CCCO)c2)c(C)c1. The smallest absolute Gasteiger partial charge is 0.256 e. The molecule has 0 aliphatic carbocycles. The van der Waals surface area contributed by atoms with Crippen molar-refractivity contribution in [2.75, 3.05) is 11.9 Å². The van der Waals surface area contributed by atoms with Crippen molar-refractivity contribution in [1.29, 1.82) is 0 Å².